The van der Waals surface area contributed by atoms with Crippen LogP contribution in [0.15, 0.2) is 12.1 Å². The summed E-state index contributed by atoms with van der Waals surface area (Å²) in [5.74, 6) is 2.36. The molecular weight excluding hydrogens is 282 g/mol. The molecular formula is C17H25NO4. The minimum Gasteiger partial charge on any atom is -0.496 e. The van der Waals surface area contributed by atoms with Crippen molar-refractivity contribution in [3.63, 3.8) is 0 Å². The van der Waals surface area contributed by atoms with Crippen molar-refractivity contribution in [2.24, 2.45) is 5.92 Å². The topological polar surface area (TPSA) is 48.0 Å². The normalized spacial score (nSPS) is 16.4. The van der Waals surface area contributed by atoms with Gasteiger partial charge in [0.05, 0.1) is 27.9 Å². The molecule has 1 aromatic rings. The number of benzene rings is 1. The van der Waals surface area contributed by atoms with Crippen LogP contribution in [0.25, 0.3) is 0 Å². The second-order valence-corrected chi connectivity index (χ2v) is 5.79. The van der Waals surface area contributed by atoms with Gasteiger partial charge in [0.15, 0.2) is 5.78 Å². The predicted molar refractivity (Wildman–Crippen MR) is 85.3 cm³/mol. The predicted octanol–water partition coefficient (Wildman–Crippen LogP) is 2.63. The van der Waals surface area contributed by atoms with Gasteiger partial charge in [-0.25, -0.2) is 0 Å². The Labute approximate surface area is 132 Å². The Bertz CT molecular complexity index is 496. The number of ketones is 1. The van der Waals surface area contributed by atoms with Crippen molar-refractivity contribution in [2.45, 2.75) is 19.8 Å². The van der Waals surface area contributed by atoms with Crippen LogP contribution in [0.3, 0.4) is 0 Å². The Balaban J connectivity index is 2.20. The molecule has 2 rings (SSSR count). The van der Waals surface area contributed by atoms with Crippen LogP contribution in [-0.4, -0.2) is 51.6 Å². The van der Waals surface area contributed by atoms with Crippen LogP contribution in [0.4, 0.5) is 0 Å². The Morgan fingerprint density at radius 2 is 1.64 bits per heavy atom. The van der Waals surface area contributed by atoms with E-state index >= 15 is 0 Å². The highest BCUT2D eigenvalue weighted by molar-refractivity contribution is 6.03. The van der Waals surface area contributed by atoms with E-state index in [1.807, 2.05) is 0 Å². The summed E-state index contributed by atoms with van der Waals surface area (Å²) in [6.07, 6.45) is 2.29. The molecule has 1 aliphatic heterocycles. The maximum atomic E-state index is 12.7. The zero-order valence-electron chi connectivity index (χ0n) is 13.8. The number of hydrogen-bond donors (Lipinski definition) is 0. The molecule has 122 valence electrons. The Kier molecular flexibility index (Phi) is 5.66. The summed E-state index contributed by atoms with van der Waals surface area (Å²) in [6.45, 7) is 4.59. The number of methoxy groups -OCH3 is 3. The number of rotatable bonds is 6. The van der Waals surface area contributed by atoms with Gasteiger partial charge in [-0.2, -0.15) is 0 Å². The van der Waals surface area contributed by atoms with E-state index in [1.165, 1.54) is 0 Å². The third kappa shape index (κ3) is 3.71. The maximum absolute atomic E-state index is 12.7. The lowest BCUT2D eigenvalue weighted by Crippen LogP contribution is -2.37. The first-order valence-corrected chi connectivity index (χ1v) is 7.64. The number of Topliss-reactive ketones (excluding diaryl/α,β-unsaturated/α-hetero) is 1. The Morgan fingerprint density at radius 3 is 2.09 bits per heavy atom. The Morgan fingerprint density at radius 1 is 1.09 bits per heavy atom. The number of carbonyl (C=O) groups is 1. The van der Waals surface area contributed by atoms with Crippen molar-refractivity contribution >= 4 is 5.78 Å². The molecule has 0 aliphatic carbocycles. The summed E-state index contributed by atoms with van der Waals surface area (Å²) in [7, 11) is 4.67. The highest BCUT2D eigenvalue weighted by Crippen LogP contribution is 2.34. The quantitative estimate of drug-likeness (QED) is 0.756. The van der Waals surface area contributed by atoms with E-state index in [2.05, 4.69) is 11.8 Å². The van der Waals surface area contributed by atoms with Gasteiger partial charge in [-0.1, -0.05) is 6.92 Å². The summed E-state index contributed by atoms with van der Waals surface area (Å²) in [4.78, 5) is 14.9. The molecule has 5 nitrogen and oxygen atoms in total. The van der Waals surface area contributed by atoms with E-state index in [4.69, 9.17) is 14.2 Å². The third-order valence-corrected chi connectivity index (χ3v) is 4.24. The number of nitrogens with zero attached hydrogens (tertiary/aromatic N) is 1. The highest BCUT2D eigenvalue weighted by atomic mass is 16.5. The average Bonchev–Trinajstić information content (AvgIpc) is 2.55. The number of likely N-dealkylation sites (tertiary alicyclic amines) is 1. The molecule has 0 amide bonds. The summed E-state index contributed by atoms with van der Waals surface area (Å²) >= 11 is 0. The molecule has 1 heterocycles. The van der Waals surface area contributed by atoms with Gasteiger partial charge >= 0.3 is 0 Å². The van der Waals surface area contributed by atoms with Gasteiger partial charge in [-0.3, -0.25) is 9.69 Å². The van der Waals surface area contributed by atoms with Crippen LogP contribution in [-0.2, 0) is 0 Å². The lowest BCUT2D eigenvalue weighted by molar-refractivity contribution is 0.0893. The van der Waals surface area contributed by atoms with Crippen LogP contribution in [0.5, 0.6) is 17.2 Å². The van der Waals surface area contributed by atoms with Gasteiger partial charge in [-0.05, 0) is 31.8 Å². The largest absolute Gasteiger partial charge is 0.496 e. The second kappa shape index (κ2) is 7.49. The van der Waals surface area contributed by atoms with Gasteiger partial charge in [0.25, 0.3) is 0 Å². The van der Waals surface area contributed by atoms with Crippen molar-refractivity contribution in [1.29, 1.82) is 0 Å². The molecule has 0 spiro atoms. The van der Waals surface area contributed by atoms with Crippen LogP contribution < -0.4 is 14.2 Å². The van der Waals surface area contributed by atoms with Crippen molar-refractivity contribution in [3.8, 4) is 17.2 Å². The summed E-state index contributed by atoms with van der Waals surface area (Å²) in [6, 6.07) is 3.43. The zero-order chi connectivity index (χ0) is 16.1. The molecule has 0 radical (unpaired) electrons. The molecule has 0 aromatic heterocycles. The zero-order valence-corrected chi connectivity index (χ0v) is 13.8. The van der Waals surface area contributed by atoms with E-state index in [-0.39, 0.29) is 5.78 Å². The first kappa shape index (κ1) is 16.6. The minimum absolute atomic E-state index is 0.0194. The molecule has 0 bridgehead atoms. The van der Waals surface area contributed by atoms with Crippen LogP contribution in [0.2, 0.25) is 0 Å². The molecule has 1 aromatic carbocycles. The minimum atomic E-state index is 0.0194. The second-order valence-electron chi connectivity index (χ2n) is 5.79. The molecule has 1 saturated heterocycles. The van der Waals surface area contributed by atoms with E-state index in [9.17, 15) is 4.79 Å². The van der Waals surface area contributed by atoms with Gasteiger partial charge < -0.3 is 14.2 Å². The summed E-state index contributed by atoms with van der Waals surface area (Å²) < 4.78 is 15.9. The molecule has 0 saturated carbocycles. The maximum Gasteiger partial charge on any atom is 0.184 e. The molecule has 0 unspecified atom stereocenters. The first-order valence-electron chi connectivity index (χ1n) is 7.64. The van der Waals surface area contributed by atoms with Crippen molar-refractivity contribution < 1.29 is 19.0 Å². The lowest BCUT2D eigenvalue weighted by Gasteiger charge is -2.29. The molecule has 22 heavy (non-hydrogen) atoms. The van der Waals surface area contributed by atoms with E-state index in [0.29, 0.717) is 29.4 Å². The van der Waals surface area contributed by atoms with E-state index < -0.39 is 0 Å². The fourth-order valence-corrected chi connectivity index (χ4v) is 2.78. The number of piperidine rings is 1. The smallest absolute Gasteiger partial charge is 0.184 e. The number of hydrogen-bond acceptors (Lipinski definition) is 5. The van der Waals surface area contributed by atoms with Crippen LogP contribution in [0, 0.1) is 5.92 Å². The van der Waals surface area contributed by atoms with Gasteiger partial charge in [0, 0.05) is 12.1 Å². The molecule has 1 aliphatic rings. The molecule has 0 atom stereocenters. The van der Waals surface area contributed by atoms with Crippen molar-refractivity contribution in [2.75, 3.05) is 41.0 Å². The van der Waals surface area contributed by atoms with E-state index in [1.54, 1.807) is 33.5 Å². The van der Waals surface area contributed by atoms with Crippen LogP contribution >= 0.6 is 0 Å². The lowest BCUT2D eigenvalue weighted by atomic mass is 9.98. The summed E-state index contributed by atoms with van der Waals surface area (Å²) in [5, 5.41) is 0. The fourth-order valence-electron chi connectivity index (χ4n) is 2.78. The molecule has 1 fully saturated rings. The first-order chi connectivity index (χ1) is 10.6. The van der Waals surface area contributed by atoms with Gasteiger partial charge in [0.2, 0.25) is 0 Å². The standard InChI is InChI=1S/C17H25NO4/c1-12-5-7-18(8-6-12)11-14(19)17-15(21-3)9-13(20-2)10-16(17)22-4/h9-10,12H,5-8,11H2,1-4H3. The van der Waals surface area contributed by atoms with Gasteiger partial charge in [-0.15, -0.1) is 0 Å². The summed E-state index contributed by atoms with van der Waals surface area (Å²) in [5.41, 5.74) is 0.490. The highest BCUT2D eigenvalue weighted by Gasteiger charge is 2.24. The van der Waals surface area contributed by atoms with Gasteiger partial charge in [0.1, 0.15) is 22.8 Å². The van der Waals surface area contributed by atoms with Crippen molar-refractivity contribution in [3.05, 3.63) is 17.7 Å². The monoisotopic (exact) mass is 307 g/mol. The molecule has 5 heteroatoms. The van der Waals surface area contributed by atoms with E-state index in [0.717, 1.165) is 31.8 Å². The SMILES string of the molecule is COc1cc(OC)c(C(=O)CN2CCC(C)CC2)c(OC)c1. The van der Waals surface area contributed by atoms with Crippen LogP contribution in [0.1, 0.15) is 30.1 Å². The average molecular weight is 307 g/mol. The molecule has 0 N–H and O–H groups in total. The fraction of sp³-hybridized carbons (Fsp3) is 0.588. The number of carbonyl (C=O) groups excluding carboxylic acids is 1. The number of ether oxygens (including phenoxy) is 3. The Hall–Kier alpha value is -1.75. The third-order valence-electron chi connectivity index (χ3n) is 4.24. The van der Waals surface area contributed by atoms with Crippen molar-refractivity contribution in [1.82, 2.24) is 4.90 Å².